The van der Waals surface area contributed by atoms with Crippen molar-refractivity contribution in [1.29, 1.82) is 0 Å². The van der Waals surface area contributed by atoms with Crippen LogP contribution in [-0.2, 0) is 0 Å². The fourth-order valence-electron chi connectivity index (χ4n) is 10.3. The number of rotatable bonds is 3. The molecule has 16 heteroatoms. The fourth-order valence-corrected chi connectivity index (χ4v) is 10.5. The van der Waals surface area contributed by atoms with Crippen LogP contribution in [0.15, 0.2) is 87.2 Å². The van der Waals surface area contributed by atoms with Crippen LogP contribution in [0.2, 0.25) is 5.02 Å². The number of likely N-dealkylation sites (tertiary alicyclic amines) is 2. The number of benzene rings is 3. The number of fused-ring (bicyclic) bond motifs is 9. The van der Waals surface area contributed by atoms with Crippen molar-refractivity contribution in [3.05, 3.63) is 137 Å². The molecule has 3 saturated heterocycles. The van der Waals surface area contributed by atoms with Crippen LogP contribution in [0.1, 0.15) is 84.5 Å². The molecule has 3 aliphatic heterocycles. The summed E-state index contributed by atoms with van der Waals surface area (Å²) >= 11 is 6.30. The van der Waals surface area contributed by atoms with E-state index in [2.05, 4.69) is 75.2 Å². The molecule has 336 valence electrons. The van der Waals surface area contributed by atoms with Gasteiger partial charge in [0.15, 0.2) is 0 Å². The van der Waals surface area contributed by atoms with Crippen molar-refractivity contribution in [1.82, 2.24) is 58.9 Å². The Balaban J connectivity index is 0.000000115. The number of halogens is 1. The molecule has 9 heterocycles. The van der Waals surface area contributed by atoms with Crippen LogP contribution in [-0.4, -0.2) is 107 Å². The number of piperidine rings is 3. The first-order valence-electron chi connectivity index (χ1n) is 22.8. The molecule has 4 N–H and O–H groups in total. The van der Waals surface area contributed by atoms with E-state index >= 15 is 0 Å². The Morgan fingerprint density at radius 1 is 0.508 bits per heavy atom. The fraction of sp³-hybridized carbons (Fsp3) is 0.388. The lowest BCUT2D eigenvalue weighted by atomic mass is 9.93. The monoisotopic (exact) mass is 894 g/mol. The van der Waals surface area contributed by atoms with E-state index in [-0.39, 0.29) is 16.7 Å². The summed E-state index contributed by atoms with van der Waals surface area (Å²) in [4.78, 5) is 49.8. The standard InChI is InChI=1S/C17H20N4O.C16H17ClN4O.C16H18N4O/c1-11-4-3-5-13-16(11)17-18-15(22)10-14(21(17)19-13)12-6-8-20(2)9-7-12;1-20-7-5-10(6-8-20)13-9-14(22)18-16-15-11(17)3-2-4-12(15)19-21(13)16;1-10-3-2-4-12-15(10)16-18-14(21)9-13(20(16)19-12)11-5-7-17-8-6-11/h3-5,10,12H,6-9H2,1-2H3,(H,18,22);2-4,9-10H,5-8H2,1H3,(H,18,22);2-4,9,11,17H,5-8H2,1H3,(H,18,21). The summed E-state index contributed by atoms with van der Waals surface area (Å²) in [6.07, 6.45) is 6.33. The third kappa shape index (κ3) is 8.26. The van der Waals surface area contributed by atoms with E-state index in [0.29, 0.717) is 28.4 Å². The highest BCUT2D eigenvalue weighted by atomic mass is 35.5. The second-order valence-electron chi connectivity index (χ2n) is 18.2. The van der Waals surface area contributed by atoms with Crippen molar-refractivity contribution in [2.45, 2.75) is 70.1 Å². The van der Waals surface area contributed by atoms with E-state index in [1.807, 2.05) is 56.0 Å². The molecule has 3 aromatic carbocycles. The van der Waals surface area contributed by atoms with Crippen molar-refractivity contribution in [2.24, 2.45) is 0 Å². The van der Waals surface area contributed by atoms with Crippen LogP contribution in [0.25, 0.3) is 49.7 Å². The zero-order chi connectivity index (χ0) is 44.9. The van der Waals surface area contributed by atoms with Gasteiger partial charge in [-0.15, -0.1) is 0 Å². The number of nitrogens with one attached hydrogen (secondary N) is 4. The van der Waals surface area contributed by atoms with Gasteiger partial charge >= 0.3 is 0 Å². The Morgan fingerprint density at radius 3 is 1.28 bits per heavy atom. The minimum atomic E-state index is -0.0943. The smallest absolute Gasteiger partial charge is 0.251 e. The lowest BCUT2D eigenvalue weighted by Crippen LogP contribution is -2.30. The number of hydrogen-bond acceptors (Lipinski definition) is 9. The van der Waals surface area contributed by atoms with Gasteiger partial charge in [-0.05, 0) is 141 Å². The van der Waals surface area contributed by atoms with Gasteiger partial charge < -0.3 is 30.1 Å². The third-order valence-corrected chi connectivity index (χ3v) is 14.1. The summed E-state index contributed by atoms with van der Waals surface area (Å²) < 4.78 is 5.76. The summed E-state index contributed by atoms with van der Waals surface area (Å²) in [5.41, 5.74) is 10.2. The van der Waals surface area contributed by atoms with Crippen molar-refractivity contribution >= 4 is 61.3 Å². The van der Waals surface area contributed by atoms with E-state index in [4.69, 9.17) is 21.8 Å². The first-order chi connectivity index (χ1) is 31.5. The number of aromatic nitrogens is 9. The molecule has 3 fully saturated rings. The van der Waals surface area contributed by atoms with Gasteiger partial charge in [0.1, 0.15) is 16.9 Å². The molecule has 0 spiro atoms. The Morgan fingerprint density at radius 2 is 0.862 bits per heavy atom. The normalized spacial score (nSPS) is 17.3. The Kier molecular flexibility index (Phi) is 11.6. The number of H-pyrrole nitrogens is 3. The van der Waals surface area contributed by atoms with Gasteiger partial charge in [-0.1, -0.05) is 41.9 Å². The van der Waals surface area contributed by atoms with Crippen molar-refractivity contribution in [3.8, 4) is 0 Å². The largest absolute Gasteiger partial charge is 0.317 e. The predicted molar refractivity (Wildman–Crippen MR) is 258 cm³/mol. The second kappa shape index (κ2) is 17.7. The zero-order valence-corrected chi connectivity index (χ0v) is 38.1. The average Bonchev–Trinajstić information content (AvgIpc) is 4.00. The molecule has 6 aromatic heterocycles. The average molecular weight is 896 g/mol. The van der Waals surface area contributed by atoms with E-state index in [0.717, 1.165) is 150 Å². The van der Waals surface area contributed by atoms with Crippen LogP contribution in [0, 0.1) is 13.8 Å². The molecular formula is C49H55ClN12O3. The maximum atomic E-state index is 12.2. The quantitative estimate of drug-likeness (QED) is 0.148. The molecule has 15 nitrogen and oxygen atoms in total. The SMILES string of the molecule is CN1CCC(c2cc(=O)[nH]c3c4c(Cl)cccc4nn23)CC1.Cc1cccc2nn3c(C4CCN(C)CC4)cc(=O)[nH]c3c12.Cc1cccc2nn3c(C4CCNCC4)cc(=O)[nH]c3c12. The van der Waals surface area contributed by atoms with Gasteiger partial charge in [-0.2, -0.15) is 15.3 Å². The van der Waals surface area contributed by atoms with Gasteiger partial charge in [0.2, 0.25) is 0 Å². The molecule has 0 atom stereocenters. The minimum absolute atomic E-state index is 0.0357. The van der Waals surface area contributed by atoms with E-state index in [1.165, 1.54) is 0 Å². The first-order valence-corrected chi connectivity index (χ1v) is 23.2. The highest BCUT2D eigenvalue weighted by Gasteiger charge is 2.25. The lowest BCUT2D eigenvalue weighted by molar-refractivity contribution is 0.252. The summed E-state index contributed by atoms with van der Waals surface area (Å²) in [6, 6.07) is 22.9. The number of aryl methyl sites for hydroxylation is 2. The van der Waals surface area contributed by atoms with E-state index in [9.17, 15) is 14.4 Å². The van der Waals surface area contributed by atoms with Gasteiger partial charge in [0.25, 0.3) is 16.7 Å². The molecule has 0 unspecified atom stereocenters. The Hall–Kier alpha value is -6.13. The van der Waals surface area contributed by atoms with Gasteiger partial charge in [0.05, 0.1) is 44.0 Å². The zero-order valence-electron chi connectivity index (χ0n) is 37.3. The summed E-state index contributed by atoms with van der Waals surface area (Å²) in [5.74, 6) is 1.15. The van der Waals surface area contributed by atoms with Crippen molar-refractivity contribution < 1.29 is 0 Å². The number of nitrogens with zero attached hydrogens (tertiary/aromatic N) is 8. The topological polar surface area (TPSA) is 169 Å². The second-order valence-corrected chi connectivity index (χ2v) is 18.6. The highest BCUT2D eigenvalue weighted by Crippen LogP contribution is 2.33. The lowest BCUT2D eigenvalue weighted by Gasteiger charge is -2.29. The molecule has 0 radical (unpaired) electrons. The highest BCUT2D eigenvalue weighted by molar-refractivity contribution is 6.36. The molecule has 0 bridgehead atoms. The van der Waals surface area contributed by atoms with Crippen molar-refractivity contribution in [3.63, 3.8) is 0 Å². The molecule has 0 amide bonds. The van der Waals surface area contributed by atoms with E-state index < -0.39 is 0 Å². The molecule has 65 heavy (non-hydrogen) atoms. The minimum Gasteiger partial charge on any atom is -0.317 e. The Labute approximate surface area is 379 Å². The van der Waals surface area contributed by atoms with Crippen LogP contribution >= 0.6 is 11.6 Å². The van der Waals surface area contributed by atoms with Crippen LogP contribution in [0.5, 0.6) is 0 Å². The summed E-state index contributed by atoms with van der Waals surface area (Å²) in [5, 5.41) is 21.0. The molecule has 3 aliphatic rings. The van der Waals surface area contributed by atoms with Crippen LogP contribution in [0.3, 0.4) is 0 Å². The third-order valence-electron chi connectivity index (χ3n) is 13.8. The predicted octanol–water partition coefficient (Wildman–Crippen LogP) is 6.88. The maximum Gasteiger partial charge on any atom is 0.251 e. The van der Waals surface area contributed by atoms with Gasteiger partial charge in [-0.25, -0.2) is 13.5 Å². The first kappa shape index (κ1) is 42.8. The van der Waals surface area contributed by atoms with Gasteiger partial charge in [0, 0.05) is 46.7 Å². The van der Waals surface area contributed by atoms with Crippen LogP contribution in [0.4, 0.5) is 0 Å². The number of hydrogen-bond donors (Lipinski definition) is 4. The molecular weight excluding hydrogens is 840 g/mol. The summed E-state index contributed by atoms with van der Waals surface area (Å²) in [7, 11) is 4.28. The Bertz CT molecular complexity index is 3240. The molecule has 9 aromatic rings. The maximum absolute atomic E-state index is 12.2. The molecule has 0 aliphatic carbocycles. The molecule has 12 rings (SSSR count). The van der Waals surface area contributed by atoms with Gasteiger partial charge in [-0.3, -0.25) is 14.4 Å². The molecule has 0 saturated carbocycles. The van der Waals surface area contributed by atoms with Crippen LogP contribution < -0.4 is 22.0 Å². The number of aromatic amines is 3. The van der Waals surface area contributed by atoms with Crippen molar-refractivity contribution in [2.75, 3.05) is 53.4 Å². The summed E-state index contributed by atoms with van der Waals surface area (Å²) in [6.45, 7) is 10.3. The van der Waals surface area contributed by atoms with E-state index in [1.54, 1.807) is 18.2 Å².